The monoisotopic (exact) mass is 258 g/mol. The Labute approximate surface area is 102 Å². The second-order valence-electron chi connectivity index (χ2n) is 4.34. The Morgan fingerprint density at radius 2 is 2.29 bits per heavy atom. The van der Waals surface area contributed by atoms with Crippen molar-refractivity contribution in [1.82, 2.24) is 19.4 Å². The van der Waals surface area contributed by atoms with Gasteiger partial charge in [0.1, 0.15) is 4.90 Å². The average Bonchev–Trinajstić information content (AvgIpc) is 2.83. The van der Waals surface area contributed by atoms with Gasteiger partial charge in [-0.3, -0.25) is 5.10 Å². The number of sulfonamides is 1. The van der Waals surface area contributed by atoms with Crippen LogP contribution < -0.4 is 0 Å². The van der Waals surface area contributed by atoms with Crippen LogP contribution in [0.3, 0.4) is 0 Å². The molecule has 0 bridgehead atoms. The van der Waals surface area contributed by atoms with E-state index >= 15 is 0 Å². The summed E-state index contributed by atoms with van der Waals surface area (Å²) >= 11 is 0. The molecule has 1 aliphatic rings. The summed E-state index contributed by atoms with van der Waals surface area (Å²) < 4.78 is 26.1. The number of nitrogens with zero attached hydrogens (tertiary/aromatic N) is 3. The summed E-state index contributed by atoms with van der Waals surface area (Å²) in [6, 6.07) is 0.297. The lowest BCUT2D eigenvalue weighted by atomic mass is 10.1. The maximum absolute atomic E-state index is 12.3. The lowest BCUT2D eigenvalue weighted by Gasteiger charge is -2.38. The molecule has 0 saturated carbocycles. The maximum atomic E-state index is 12.3. The van der Waals surface area contributed by atoms with Crippen molar-refractivity contribution in [1.29, 1.82) is 0 Å². The zero-order valence-electron chi connectivity index (χ0n) is 10.1. The third-order valence-corrected chi connectivity index (χ3v) is 5.15. The third-order valence-electron chi connectivity index (χ3n) is 3.32. The molecule has 1 unspecified atom stereocenters. The Hall–Kier alpha value is -0.920. The van der Waals surface area contributed by atoms with Gasteiger partial charge in [-0.1, -0.05) is 6.92 Å². The molecule has 1 saturated heterocycles. The Morgan fingerprint density at radius 3 is 2.88 bits per heavy atom. The van der Waals surface area contributed by atoms with Crippen molar-refractivity contribution >= 4 is 10.0 Å². The predicted octanol–water partition coefficient (Wildman–Crippen LogP) is 0.124. The Kier molecular flexibility index (Phi) is 3.50. The molecular formula is C10H18N4O2S. The third kappa shape index (κ3) is 2.36. The van der Waals surface area contributed by atoms with Crippen molar-refractivity contribution in [2.75, 3.05) is 26.7 Å². The SMILES string of the molecule is CCC1CN(S(=O)(=O)c2cn[nH]c2)CCN1C. The van der Waals surface area contributed by atoms with Crippen LogP contribution in [0.15, 0.2) is 17.3 Å². The summed E-state index contributed by atoms with van der Waals surface area (Å²) in [6.45, 7) is 3.95. The normalized spacial score (nSPS) is 24.0. The second-order valence-corrected chi connectivity index (χ2v) is 6.28. The van der Waals surface area contributed by atoms with Gasteiger partial charge in [0.25, 0.3) is 0 Å². The van der Waals surface area contributed by atoms with Gasteiger partial charge in [0.15, 0.2) is 0 Å². The Balaban J connectivity index is 2.19. The van der Waals surface area contributed by atoms with E-state index in [1.54, 1.807) is 4.31 Å². The number of nitrogens with one attached hydrogen (secondary N) is 1. The molecule has 2 rings (SSSR count). The molecule has 1 atom stereocenters. The molecule has 1 aromatic rings. The molecular weight excluding hydrogens is 240 g/mol. The predicted molar refractivity (Wildman–Crippen MR) is 64.1 cm³/mol. The molecule has 0 spiro atoms. The van der Waals surface area contributed by atoms with Crippen LogP contribution in [-0.2, 0) is 10.0 Å². The first-order valence-corrected chi connectivity index (χ1v) is 7.19. The first kappa shape index (κ1) is 12.5. The highest BCUT2D eigenvalue weighted by atomic mass is 32.2. The van der Waals surface area contributed by atoms with Gasteiger partial charge in [0, 0.05) is 31.9 Å². The van der Waals surface area contributed by atoms with E-state index in [1.807, 2.05) is 7.05 Å². The smallest absolute Gasteiger partial charge is 0.246 e. The maximum Gasteiger partial charge on any atom is 0.246 e. The molecule has 6 nitrogen and oxygen atoms in total. The summed E-state index contributed by atoms with van der Waals surface area (Å²) in [4.78, 5) is 2.46. The number of piperazine rings is 1. The minimum Gasteiger partial charge on any atom is -0.301 e. The first-order chi connectivity index (χ1) is 8.05. The van der Waals surface area contributed by atoms with E-state index in [9.17, 15) is 8.42 Å². The lowest BCUT2D eigenvalue weighted by molar-refractivity contribution is 0.144. The van der Waals surface area contributed by atoms with Crippen LogP contribution in [0.25, 0.3) is 0 Å². The molecule has 7 heteroatoms. The molecule has 96 valence electrons. The van der Waals surface area contributed by atoms with E-state index < -0.39 is 10.0 Å². The van der Waals surface area contributed by atoms with E-state index in [0.29, 0.717) is 19.1 Å². The van der Waals surface area contributed by atoms with Crippen LogP contribution in [0.4, 0.5) is 0 Å². The highest BCUT2D eigenvalue weighted by Gasteiger charge is 2.32. The fourth-order valence-electron chi connectivity index (χ4n) is 2.11. The largest absolute Gasteiger partial charge is 0.301 e. The van der Waals surface area contributed by atoms with Gasteiger partial charge in [0.2, 0.25) is 10.0 Å². The van der Waals surface area contributed by atoms with Gasteiger partial charge < -0.3 is 4.90 Å². The molecule has 0 radical (unpaired) electrons. The van der Waals surface area contributed by atoms with Gasteiger partial charge in [-0.25, -0.2) is 8.42 Å². The van der Waals surface area contributed by atoms with Crippen LogP contribution in [0.5, 0.6) is 0 Å². The summed E-state index contributed by atoms with van der Waals surface area (Å²) in [7, 11) is -1.33. The Morgan fingerprint density at radius 1 is 1.53 bits per heavy atom. The molecule has 1 aliphatic heterocycles. The number of likely N-dealkylation sites (N-methyl/N-ethyl adjacent to an activating group) is 1. The topological polar surface area (TPSA) is 69.3 Å². The molecule has 1 N–H and O–H groups in total. The van der Waals surface area contributed by atoms with Gasteiger partial charge >= 0.3 is 0 Å². The summed E-state index contributed by atoms with van der Waals surface area (Å²) in [5.74, 6) is 0. The molecule has 2 heterocycles. The summed E-state index contributed by atoms with van der Waals surface area (Å²) in [5.41, 5.74) is 0. The highest BCUT2D eigenvalue weighted by molar-refractivity contribution is 7.89. The van der Waals surface area contributed by atoms with Crippen molar-refractivity contribution < 1.29 is 8.42 Å². The van der Waals surface area contributed by atoms with E-state index in [2.05, 4.69) is 22.0 Å². The van der Waals surface area contributed by atoms with E-state index in [4.69, 9.17) is 0 Å². The fourth-order valence-corrected chi connectivity index (χ4v) is 3.48. The van der Waals surface area contributed by atoms with Crippen molar-refractivity contribution in [2.24, 2.45) is 0 Å². The average molecular weight is 258 g/mol. The van der Waals surface area contributed by atoms with Crippen molar-refractivity contribution in [3.8, 4) is 0 Å². The van der Waals surface area contributed by atoms with Crippen LogP contribution >= 0.6 is 0 Å². The van der Waals surface area contributed by atoms with Crippen molar-refractivity contribution in [3.63, 3.8) is 0 Å². The lowest BCUT2D eigenvalue weighted by Crippen LogP contribution is -2.52. The number of aromatic nitrogens is 2. The number of aromatic amines is 1. The van der Waals surface area contributed by atoms with Crippen LogP contribution in [0.2, 0.25) is 0 Å². The standard InChI is InChI=1S/C10H18N4O2S/c1-3-9-8-14(5-4-13(9)2)17(15,16)10-6-11-12-7-10/h6-7,9H,3-5,8H2,1-2H3,(H,11,12). The number of H-pyrrole nitrogens is 1. The zero-order valence-corrected chi connectivity index (χ0v) is 10.9. The second kappa shape index (κ2) is 4.75. The number of hydrogen-bond donors (Lipinski definition) is 1. The summed E-state index contributed by atoms with van der Waals surface area (Å²) in [6.07, 6.45) is 3.73. The highest BCUT2D eigenvalue weighted by Crippen LogP contribution is 2.19. The van der Waals surface area contributed by atoms with Crippen molar-refractivity contribution in [3.05, 3.63) is 12.4 Å². The number of rotatable bonds is 3. The molecule has 1 fully saturated rings. The van der Waals surface area contributed by atoms with Crippen LogP contribution in [-0.4, -0.2) is 60.5 Å². The van der Waals surface area contributed by atoms with Gasteiger partial charge in [-0.2, -0.15) is 9.40 Å². The fraction of sp³-hybridized carbons (Fsp3) is 0.700. The minimum atomic E-state index is -3.37. The van der Waals surface area contributed by atoms with Gasteiger partial charge in [-0.05, 0) is 13.5 Å². The quantitative estimate of drug-likeness (QED) is 0.836. The van der Waals surface area contributed by atoms with Crippen LogP contribution in [0, 0.1) is 0 Å². The van der Waals surface area contributed by atoms with Crippen LogP contribution in [0.1, 0.15) is 13.3 Å². The van der Waals surface area contributed by atoms with Crippen molar-refractivity contribution in [2.45, 2.75) is 24.3 Å². The molecule has 0 amide bonds. The van der Waals surface area contributed by atoms with Gasteiger partial charge in [-0.15, -0.1) is 0 Å². The first-order valence-electron chi connectivity index (χ1n) is 5.75. The molecule has 0 aliphatic carbocycles. The summed E-state index contributed by atoms with van der Waals surface area (Å²) in [5, 5.41) is 6.24. The molecule has 1 aromatic heterocycles. The molecule has 0 aromatic carbocycles. The zero-order chi connectivity index (χ0) is 12.5. The van der Waals surface area contributed by atoms with E-state index in [-0.39, 0.29) is 4.90 Å². The van der Waals surface area contributed by atoms with E-state index in [0.717, 1.165) is 13.0 Å². The van der Waals surface area contributed by atoms with Gasteiger partial charge in [0.05, 0.1) is 6.20 Å². The van der Waals surface area contributed by atoms with E-state index in [1.165, 1.54) is 12.4 Å². The number of hydrogen-bond acceptors (Lipinski definition) is 4. The molecule has 17 heavy (non-hydrogen) atoms. The minimum absolute atomic E-state index is 0.247. The Bertz CT molecular complexity index is 457.